The number of nitrogens with zero attached hydrogens (tertiary/aromatic N) is 2. The number of carbonyl (C=O) groups is 1. The topological polar surface area (TPSA) is 44.1 Å². The summed E-state index contributed by atoms with van der Waals surface area (Å²) in [6.07, 6.45) is 1.21. The van der Waals surface area contributed by atoms with Gasteiger partial charge in [0.25, 0.3) is 0 Å². The summed E-state index contributed by atoms with van der Waals surface area (Å²) in [5.74, 6) is 0.304. The van der Waals surface area contributed by atoms with E-state index >= 15 is 0 Å². The summed E-state index contributed by atoms with van der Waals surface area (Å²) in [5, 5.41) is 8.23. The maximum absolute atomic E-state index is 10.7. The fraction of sp³-hybridized carbons (Fsp3) is 0.714. The molecule has 10 heavy (non-hydrogen) atoms. The minimum atomic E-state index is 0.304. The first-order valence-corrected chi connectivity index (χ1v) is 3.44. The van der Waals surface area contributed by atoms with E-state index in [1.165, 1.54) is 0 Å². The summed E-state index contributed by atoms with van der Waals surface area (Å²) in [5.41, 5.74) is 0. The molecule has 0 aromatic carbocycles. The molecule has 0 N–H and O–H groups in total. The van der Waals surface area contributed by atoms with Crippen LogP contribution >= 0.6 is 0 Å². The van der Waals surface area contributed by atoms with E-state index in [0.29, 0.717) is 25.2 Å². The SMILES string of the molecule is N#CCCN1CCC(=O)C1. The number of likely N-dealkylation sites (tertiary alicyclic amines) is 1. The fourth-order valence-corrected chi connectivity index (χ4v) is 1.09. The van der Waals surface area contributed by atoms with E-state index in [1.807, 2.05) is 4.90 Å². The van der Waals surface area contributed by atoms with Crippen LogP contribution in [0.3, 0.4) is 0 Å². The molecule has 0 bridgehead atoms. The number of nitriles is 1. The summed E-state index contributed by atoms with van der Waals surface area (Å²) >= 11 is 0. The molecule has 1 aliphatic rings. The Bertz CT molecular complexity index is 171. The molecule has 0 unspecified atom stereocenters. The smallest absolute Gasteiger partial charge is 0.148 e. The Balaban J connectivity index is 2.20. The summed E-state index contributed by atoms with van der Waals surface area (Å²) in [6.45, 7) is 2.16. The summed E-state index contributed by atoms with van der Waals surface area (Å²) in [6, 6.07) is 2.06. The van der Waals surface area contributed by atoms with Crippen molar-refractivity contribution >= 4 is 5.78 Å². The number of ketones is 1. The molecule has 3 heteroatoms. The van der Waals surface area contributed by atoms with E-state index in [2.05, 4.69) is 6.07 Å². The Hall–Kier alpha value is -0.880. The van der Waals surface area contributed by atoms with Crippen molar-refractivity contribution in [3.05, 3.63) is 0 Å². The lowest BCUT2D eigenvalue weighted by Crippen LogP contribution is -2.21. The van der Waals surface area contributed by atoms with Crippen LogP contribution in [0, 0.1) is 11.3 Å². The van der Waals surface area contributed by atoms with Crippen molar-refractivity contribution in [2.75, 3.05) is 19.6 Å². The lowest BCUT2D eigenvalue weighted by molar-refractivity contribution is -0.116. The molecule has 1 rings (SSSR count). The zero-order valence-corrected chi connectivity index (χ0v) is 5.84. The predicted molar refractivity (Wildman–Crippen MR) is 36.3 cm³/mol. The molecule has 0 aromatic rings. The molecule has 0 aromatic heterocycles. The molecule has 54 valence electrons. The first kappa shape index (κ1) is 7.23. The largest absolute Gasteiger partial charge is 0.298 e. The Kier molecular flexibility index (Phi) is 2.41. The van der Waals surface area contributed by atoms with Gasteiger partial charge in [-0.2, -0.15) is 5.26 Å². The van der Waals surface area contributed by atoms with E-state index in [-0.39, 0.29) is 0 Å². The van der Waals surface area contributed by atoms with Crippen LogP contribution in [-0.4, -0.2) is 30.3 Å². The quantitative estimate of drug-likeness (QED) is 0.546. The Morgan fingerprint density at radius 1 is 1.70 bits per heavy atom. The van der Waals surface area contributed by atoms with Gasteiger partial charge in [-0.25, -0.2) is 0 Å². The summed E-state index contributed by atoms with van der Waals surface area (Å²) in [4.78, 5) is 12.7. The molecule has 1 heterocycles. The van der Waals surface area contributed by atoms with Crippen LogP contribution in [0.2, 0.25) is 0 Å². The van der Waals surface area contributed by atoms with Crippen LogP contribution < -0.4 is 0 Å². The third-order valence-corrected chi connectivity index (χ3v) is 1.65. The molecule has 1 saturated heterocycles. The molecule has 0 radical (unpaired) electrons. The Morgan fingerprint density at radius 2 is 2.50 bits per heavy atom. The van der Waals surface area contributed by atoms with Crippen molar-refractivity contribution in [2.24, 2.45) is 0 Å². The molecular formula is C7H10N2O. The van der Waals surface area contributed by atoms with Crippen molar-refractivity contribution in [3.63, 3.8) is 0 Å². The molecule has 0 spiro atoms. The van der Waals surface area contributed by atoms with Gasteiger partial charge in [0.05, 0.1) is 12.6 Å². The van der Waals surface area contributed by atoms with Gasteiger partial charge >= 0.3 is 0 Å². The summed E-state index contributed by atoms with van der Waals surface area (Å²) < 4.78 is 0. The van der Waals surface area contributed by atoms with Crippen LogP contribution in [0.5, 0.6) is 0 Å². The maximum Gasteiger partial charge on any atom is 0.148 e. The third kappa shape index (κ3) is 1.82. The van der Waals surface area contributed by atoms with Gasteiger partial charge in [-0.05, 0) is 0 Å². The minimum absolute atomic E-state index is 0.304. The molecule has 0 atom stereocenters. The molecule has 1 aliphatic heterocycles. The van der Waals surface area contributed by atoms with Crippen molar-refractivity contribution < 1.29 is 4.79 Å². The van der Waals surface area contributed by atoms with Gasteiger partial charge in [-0.1, -0.05) is 0 Å². The first-order valence-electron chi connectivity index (χ1n) is 3.44. The second-order valence-corrected chi connectivity index (χ2v) is 2.47. The number of hydrogen-bond donors (Lipinski definition) is 0. The van der Waals surface area contributed by atoms with E-state index in [1.54, 1.807) is 0 Å². The zero-order chi connectivity index (χ0) is 7.40. The highest BCUT2D eigenvalue weighted by molar-refractivity contribution is 5.82. The van der Waals surface area contributed by atoms with Crippen molar-refractivity contribution in [2.45, 2.75) is 12.8 Å². The Morgan fingerprint density at radius 3 is 3.00 bits per heavy atom. The lowest BCUT2D eigenvalue weighted by Gasteiger charge is -2.09. The van der Waals surface area contributed by atoms with Gasteiger partial charge in [0.1, 0.15) is 5.78 Å². The van der Waals surface area contributed by atoms with Crippen molar-refractivity contribution in [1.29, 1.82) is 5.26 Å². The van der Waals surface area contributed by atoms with Gasteiger partial charge in [0.15, 0.2) is 0 Å². The normalized spacial score (nSPS) is 19.3. The van der Waals surface area contributed by atoms with Gasteiger partial charge in [0, 0.05) is 25.9 Å². The van der Waals surface area contributed by atoms with E-state index < -0.39 is 0 Å². The lowest BCUT2D eigenvalue weighted by atomic mass is 10.4. The molecule has 0 saturated carbocycles. The number of rotatable bonds is 2. The fourth-order valence-electron chi connectivity index (χ4n) is 1.09. The number of Topliss-reactive ketones (excluding diaryl/α,β-unsaturated/α-hetero) is 1. The minimum Gasteiger partial charge on any atom is -0.298 e. The first-order chi connectivity index (χ1) is 4.83. The van der Waals surface area contributed by atoms with Gasteiger partial charge in [0.2, 0.25) is 0 Å². The predicted octanol–water partition coefficient (Wildman–Crippen LogP) is 0.175. The van der Waals surface area contributed by atoms with Gasteiger partial charge in [-0.3, -0.25) is 9.69 Å². The molecular weight excluding hydrogens is 128 g/mol. The average Bonchev–Trinajstić information content (AvgIpc) is 2.31. The average molecular weight is 138 g/mol. The van der Waals surface area contributed by atoms with E-state index in [9.17, 15) is 4.79 Å². The highest BCUT2D eigenvalue weighted by Crippen LogP contribution is 2.03. The molecule has 0 amide bonds. The molecule has 0 aliphatic carbocycles. The van der Waals surface area contributed by atoms with Crippen molar-refractivity contribution in [1.82, 2.24) is 4.90 Å². The monoisotopic (exact) mass is 138 g/mol. The number of carbonyl (C=O) groups excluding carboxylic acids is 1. The zero-order valence-electron chi connectivity index (χ0n) is 5.84. The van der Waals surface area contributed by atoms with E-state index in [4.69, 9.17) is 5.26 Å². The summed E-state index contributed by atoms with van der Waals surface area (Å²) in [7, 11) is 0. The van der Waals surface area contributed by atoms with Crippen LogP contribution in [0.4, 0.5) is 0 Å². The van der Waals surface area contributed by atoms with Gasteiger partial charge in [-0.15, -0.1) is 0 Å². The van der Waals surface area contributed by atoms with Crippen LogP contribution in [-0.2, 0) is 4.79 Å². The van der Waals surface area contributed by atoms with Gasteiger partial charge < -0.3 is 0 Å². The van der Waals surface area contributed by atoms with Crippen LogP contribution in [0.1, 0.15) is 12.8 Å². The highest BCUT2D eigenvalue weighted by atomic mass is 16.1. The standard InChI is InChI=1S/C7H10N2O/c8-3-1-4-9-5-2-7(10)6-9/h1-2,4-6H2. The molecule has 1 fully saturated rings. The Labute approximate surface area is 60.2 Å². The second kappa shape index (κ2) is 3.33. The third-order valence-electron chi connectivity index (χ3n) is 1.65. The highest BCUT2D eigenvalue weighted by Gasteiger charge is 2.17. The second-order valence-electron chi connectivity index (χ2n) is 2.47. The molecule has 3 nitrogen and oxygen atoms in total. The van der Waals surface area contributed by atoms with Crippen LogP contribution in [0.15, 0.2) is 0 Å². The van der Waals surface area contributed by atoms with Crippen LogP contribution in [0.25, 0.3) is 0 Å². The number of hydrogen-bond acceptors (Lipinski definition) is 3. The van der Waals surface area contributed by atoms with E-state index in [0.717, 1.165) is 13.1 Å². The maximum atomic E-state index is 10.7. The van der Waals surface area contributed by atoms with Crippen molar-refractivity contribution in [3.8, 4) is 6.07 Å².